The number of phenols is 1. The molecule has 2 heterocycles. The summed E-state index contributed by atoms with van der Waals surface area (Å²) in [4.78, 5) is 1.93. The standard InChI is InChI=1S/C12H13N5O3S2/c1-17(2-3-21)12-16-15-11(22-12)14-13-7-4-9-10(5-8(7)18)20-6-19-9/h4-5,18,21H,2-3,6H2,1H3. The zero-order valence-electron chi connectivity index (χ0n) is 11.6. The predicted molar refractivity (Wildman–Crippen MR) is 85.4 cm³/mol. The summed E-state index contributed by atoms with van der Waals surface area (Å²) >= 11 is 5.48. The number of rotatable bonds is 5. The van der Waals surface area contributed by atoms with Crippen LogP contribution in [0.1, 0.15) is 0 Å². The van der Waals surface area contributed by atoms with Gasteiger partial charge in [-0.1, -0.05) is 11.3 Å². The van der Waals surface area contributed by atoms with Crippen molar-refractivity contribution in [3.05, 3.63) is 12.1 Å². The first-order chi connectivity index (χ1) is 10.7. The fourth-order valence-corrected chi connectivity index (χ4v) is 2.70. The molecule has 0 unspecified atom stereocenters. The van der Waals surface area contributed by atoms with Gasteiger partial charge in [-0.3, -0.25) is 0 Å². The highest BCUT2D eigenvalue weighted by atomic mass is 32.1. The first kappa shape index (κ1) is 14.9. The Morgan fingerprint density at radius 2 is 2.09 bits per heavy atom. The number of hydrogen-bond donors (Lipinski definition) is 2. The summed E-state index contributed by atoms with van der Waals surface area (Å²) in [7, 11) is 1.90. The summed E-state index contributed by atoms with van der Waals surface area (Å²) in [6, 6.07) is 3.01. The van der Waals surface area contributed by atoms with E-state index in [1.807, 2.05) is 11.9 Å². The molecule has 0 aliphatic carbocycles. The van der Waals surface area contributed by atoms with Crippen molar-refractivity contribution in [1.82, 2.24) is 10.2 Å². The van der Waals surface area contributed by atoms with Gasteiger partial charge in [0.1, 0.15) is 11.4 Å². The predicted octanol–water partition coefficient (Wildman–Crippen LogP) is 2.75. The second-order valence-corrected chi connectivity index (χ2v) is 5.79. The van der Waals surface area contributed by atoms with Crippen LogP contribution >= 0.6 is 24.0 Å². The fraction of sp³-hybridized carbons (Fsp3) is 0.333. The second-order valence-electron chi connectivity index (χ2n) is 4.41. The molecule has 0 saturated carbocycles. The molecular formula is C12H13N5O3S2. The Morgan fingerprint density at radius 1 is 1.32 bits per heavy atom. The van der Waals surface area contributed by atoms with Crippen LogP contribution in [-0.4, -0.2) is 41.4 Å². The summed E-state index contributed by atoms with van der Waals surface area (Å²) in [5, 5.41) is 27.0. The lowest BCUT2D eigenvalue weighted by Crippen LogP contribution is -2.19. The molecule has 0 saturated heterocycles. The van der Waals surface area contributed by atoms with Gasteiger partial charge in [0.15, 0.2) is 11.5 Å². The van der Waals surface area contributed by atoms with Gasteiger partial charge in [0, 0.05) is 31.5 Å². The fourth-order valence-electron chi connectivity index (χ4n) is 1.75. The zero-order valence-corrected chi connectivity index (χ0v) is 13.3. The number of anilines is 1. The first-order valence-electron chi connectivity index (χ1n) is 6.37. The molecule has 10 heteroatoms. The first-order valence-corrected chi connectivity index (χ1v) is 7.82. The Bertz CT molecular complexity index is 706. The van der Waals surface area contributed by atoms with E-state index in [9.17, 15) is 5.11 Å². The monoisotopic (exact) mass is 339 g/mol. The van der Waals surface area contributed by atoms with E-state index >= 15 is 0 Å². The van der Waals surface area contributed by atoms with Crippen LogP contribution in [0.2, 0.25) is 0 Å². The van der Waals surface area contributed by atoms with Crippen LogP contribution in [0, 0.1) is 0 Å². The Morgan fingerprint density at radius 3 is 2.86 bits per heavy atom. The van der Waals surface area contributed by atoms with Gasteiger partial charge in [0.25, 0.3) is 5.13 Å². The third kappa shape index (κ3) is 3.07. The van der Waals surface area contributed by atoms with E-state index in [-0.39, 0.29) is 18.2 Å². The maximum absolute atomic E-state index is 9.88. The van der Waals surface area contributed by atoms with E-state index in [4.69, 9.17) is 9.47 Å². The number of azo groups is 1. The number of ether oxygens (including phenoxy) is 2. The van der Waals surface area contributed by atoms with E-state index in [1.54, 1.807) is 6.07 Å². The van der Waals surface area contributed by atoms with E-state index < -0.39 is 0 Å². The zero-order chi connectivity index (χ0) is 15.5. The van der Waals surface area contributed by atoms with Gasteiger partial charge in [0.2, 0.25) is 11.9 Å². The molecule has 0 fully saturated rings. The lowest BCUT2D eigenvalue weighted by atomic mass is 10.2. The maximum atomic E-state index is 9.88. The Hall–Kier alpha value is -2.07. The smallest absolute Gasteiger partial charge is 0.253 e. The number of phenolic OH excluding ortho intramolecular Hbond substituents is 1. The van der Waals surface area contributed by atoms with Crippen molar-refractivity contribution >= 4 is 39.9 Å². The number of thiol groups is 1. The van der Waals surface area contributed by atoms with Gasteiger partial charge in [-0.15, -0.1) is 20.4 Å². The van der Waals surface area contributed by atoms with Gasteiger partial charge in [-0.2, -0.15) is 12.6 Å². The average Bonchev–Trinajstić information content (AvgIpc) is 3.13. The van der Waals surface area contributed by atoms with E-state index in [1.165, 1.54) is 17.4 Å². The summed E-state index contributed by atoms with van der Waals surface area (Å²) in [6.45, 7) is 0.893. The number of benzene rings is 1. The molecule has 0 atom stereocenters. The largest absolute Gasteiger partial charge is 0.505 e. The van der Waals surface area contributed by atoms with Crippen LogP contribution in [0.5, 0.6) is 17.2 Å². The molecule has 0 bridgehead atoms. The molecule has 1 aromatic carbocycles. The van der Waals surface area contributed by atoms with Gasteiger partial charge in [-0.25, -0.2) is 0 Å². The quantitative estimate of drug-likeness (QED) is 0.643. The minimum atomic E-state index is -0.0371. The van der Waals surface area contributed by atoms with Crippen molar-refractivity contribution in [1.29, 1.82) is 0 Å². The van der Waals surface area contributed by atoms with Crippen LogP contribution in [0.4, 0.5) is 16.0 Å². The molecule has 8 nitrogen and oxygen atoms in total. The molecule has 3 rings (SSSR count). The Balaban J connectivity index is 1.77. The molecule has 1 aromatic heterocycles. The number of aromatic nitrogens is 2. The highest BCUT2D eigenvalue weighted by molar-refractivity contribution is 7.80. The molecule has 1 N–H and O–H groups in total. The molecule has 0 radical (unpaired) electrons. The van der Waals surface area contributed by atoms with Gasteiger partial charge in [0.05, 0.1) is 0 Å². The molecule has 1 aliphatic heterocycles. The van der Waals surface area contributed by atoms with Crippen molar-refractivity contribution in [2.45, 2.75) is 0 Å². The van der Waals surface area contributed by atoms with Crippen LogP contribution < -0.4 is 14.4 Å². The maximum Gasteiger partial charge on any atom is 0.253 e. The van der Waals surface area contributed by atoms with E-state index in [2.05, 4.69) is 33.1 Å². The summed E-state index contributed by atoms with van der Waals surface area (Å²) in [6.07, 6.45) is 0. The molecule has 2 aromatic rings. The molecule has 0 spiro atoms. The van der Waals surface area contributed by atoms with Crippen molar-refractivity contribution in [3.8, 4) is 17.2 Å². The number of fused-ring (bicyclic) bond motifs is 1. The normalized spacial score (nSPS) is 13.0. The lowest BCUT2D eigenvalue weighted by molar-refractivity contribution is 0.174. The minimum absolute atomic E-state index is 0.0371. The van der Waals surface area contributed by atoms with Gasteiger partial charge >= 0.3 is 0 Å². The lowest BCUT2D eigenvalue weighted by Gasteiger charge is -2.11. The third-order valence-electron chi connectivity index (χ3n) is 2.88. The summed E-state index contributed by atoms with van der Waals surface area (Å²) in [5.41, 5.74) is 0.282. The number of nitrogens with zero attached hydrogens (tertiary/aromatic N) is 5. The molecule has 1 aliphatic rings. The highest BCUT2D eigenvalue weighted by Crippen LogP contribution is 2.42. The minimum Gasteiger partial charge on any atom is -0.505 e. The van der Waals surface area contributed by atoms with Crippen molar-refractivity contribution < 1.29 is 14.6 Å². The van der Waals surface area contributed by atoms with E-state index in [0.717, 1.165) is 17.4 Å². The van der Waals surface area contributed by atoms with Gasteiger partial charge < -0.3 is 19.5 Å². The summed E-state index contributed by atoms with van der Waals surface area (Å²) < 4.78 is 10.4. The van der Waals surface area contributed by atoms with Crippen LogP contribution in [0.3, 0.4) is 0 Å². The summed E-state index contributed by atoms with van der Waals surface area (Å²) in [5.74, 6) is 1.70. The Labute approximate surface area is 135 Å². The molecular weight excluding hydrogens is 326 g/mol. The molecule has 116 valence electrons. The second kappa shape index (κ2) is 6.36. The SMILES string of the molecule is CN(CCS)c1nnc(N=Nc2cc3c(cc2O)OCO3)s1. The van der Waals surface area contributed by atoms with Crippen LogP contribution in [0.15, 0.2) is 22.4 Å². The topological polar surface area (TPSA) is 92.4 Å². The number of hydrogen-bond acceptors (Lipinski definition) is 10. The molecule has 0 amide bonds. The van der Waals surface area contributed by atoms with Crippen LogP contribution in [-0.2, 0) is 0 Å². The number of aromatic hydroxyl groups is 1. The third-order valence-corrected chi connectivity index (χ3v) is 4.00. The molecule has 22 heavy (non-hydrogen) atoms. The van der Waals surface area contributed by atoms with Crippen molar-refractivity contribution in [2.75, 3.05) is 31.0 Å². The Kier molecular flexibility index (Phi) is 4.29. The van der Waals surface area contributed by atoms with Crippen molar-refractivity contribution in [3.63, 3.8) is 0 Å². The van der Waals surface area contributed by atoms with Crippen molar-refractivity contribution in [2.24, 2.45) is 10.2 Å². The van der Waals surface area contributed by atoms with Crippen LogP contribution in [0.25, 0.3) is 0 Å². The average molecular weight is 339 g/mol. The highest BCUT2D eigenvalue weighted by Gasteiger charge is 2.17. The van der Waals surface area contributed by atoms with Gasteiger partial charge in [-0.05, 0) is 0 Å². The van der Waals surface area contributed by atoms with E-state index in [0.29, 0.717) is 16.6 Å².